The summed E-state index contributed by atoms with van der Waals surface area (Å²) < 4.78 is 11.4. The second kappa shape index (κ2) is 6.61. The molecule has 0 bridgehead atoms. The number of hydrogen-bond acceptors (Lipinski definition) is 4. The zero-order valence-electron chi connectivity index (χ0n) is 14.7. The van der Waals surface area contributed by atoms with E-state index in [0.29, 0.717) is 19.3 Å². The molecule has 1 atom stereocenters. The average Bonchev–Trinajstić information content (AvgIpc) is 3.15. The number of pyridine rings is 1. The lowest BCUT2D eigenvalue weighted by Gasteiger charge is -2.26. The van der Waals surface area contributed by atoms with E-state index in [2.05, 4.69) is 52.3 Å². The van der Waals surface area contributed by atoms with E-state index in [1.54, 1.807) is 0 Å². The average molecular weight is 346 g/mol. The van der Waals surface area contributed by atoms with Crippen molar-refractivity contribution in [2.24, 2.45) is 0 Å². The van der Waals surface area contributed by atoms with Gasteiger partial charge in [-0.1, -0.05) is 24.3 Å². The molecule has 0 unspecified atom stereocenters. The highest BCUT2D eigenvalue weighted by Gasteiger charge is 2.27. The molecule has 1 aromatic heterocycles. The summed E-state index contributed by atoms with van der Waals surface area (Å²) >= 11 is 0. The molecule has 2 aliphatic heterocycles. The third kappa shape index (κ3) is 2.90. The number of fused-ring (bicyclic) bond motifs is 2. The first-order chi connectivity index (χ1) is 12.9. The standard InChI is InChI=1S/C22H22N2O2/c1-2-5-19-17(4-1)12-16(14-23-19)15-24-9-3-6-20(24)18-7-8-21-22(13-18)26-11-10-25-21/h1-2,4-5,7-8,12-14,20H,3,6,9-11,15H2/t20-/m0/s1. The van der Waals surface area contributed by atoms with Crippen LogP contribution in [0.3, 0.4) is 0 Å². The van der Waals surface area contributed by atoms with Crippen molar-refractivity contribution in [3.8, 4) is 11.5 Å². The first-order valence-corrected chi connectivity index (χ1v) is 9.34. The first-order valence-electron chi connectivity index (χ1n) is 9.34. The summed E-state index contributed by atoms with van der Waals surface area (Å²) in [5.74, 6) is 1.75. The molecule has 0 spiro atoms. The topological polar surface area (TPSA) is 34.6 Å². The molecule has 132 valence electrons. The van der Waals surface area contributed by atoms with Crippen LogP contribution < -0.4 is 9.47 Å². The van der Waals surface area contributed by atoms with E-state index in [-0.39, 0.29) is 0 Å². The van der Waals surface area contributed by atoms with Crippen LogP contribution in [0.2, 0.25) is 0 Å². The van der Waals surface area contributed by atoms with Crippen molar-refractivity contribution >= 4 is 10.9 Å². The maximum Gasteiger partial charge on any atom is 0.161 e. The van der Waals surface area contributed by atoms with Gasteiger partial charge in [0, 0.05) is 24.2 Å². The summed E-state index contributed by atoms with van der Waals surface area (Å²) in [7, 11) is 0. The van der Waals surface area contributed by atoms with Gasteiger partial charge in [0.15, 0.2) is 11.5 Å². The van der Waals surface area contributed by atoms with Crippen molar-refractivity contribution in [1.29, 1.82) is 0 Å². The molecule has 0 amide bonds. The van der Waals surface area contributed by atoms with Gasteiger partial charge in [0.05, 0.1) is 5.52 Å². The summed E-state index contributed by atoms with van der Waals surface area (Å²) in [6, 6.07) is 17.4. The molecule has 5 rings (SSSR count). The summed E-state index contributed by atoms with van der Waals surface area (Å²) in [6.45, 7) is 3.31. The van der Waals surface area contributed by atoms with Crippen molar-refractivity contribution in [3.63, 3.8) is 0 Å². The summed E-state index contributed by atoms with van der Waals surface area (Å²) in [5, 5.41) is 1.21. The van der Waals surface area contributed by atoms with Crippen LogP contribution in [-0.2, 0) is 6.54 Å². The lowest BCUT2D eigenvalue weighted by molar-refractivity contribution is 0.170. The molecule has 0 radical (unpaired) electrons. The van der Waals surface area contributed by atoms with Gasteiger partial charge < -0.3 is 9.47 Å². The molecule has 0 saturated carbocycles. The van der Waals surface area contributed by atoms with Crippen LogP contribution in [0.4, 0.5) is 0 Å². The minimum atomic E-state index is 0.428. The second-order valence-corrected chi connectivity index (χ2v) is 7.07. The van der Waals surface area contributed by atoms with E-state index in [1.165, 1.54) is 29.4 Å². The van der Waals surface area contributed by atoms with E-state index in [9.17, 15) is 0 Å². The van der Waals surface area contributed by atoms with Gasteiger partial charge in [0.2, 0.25) is 0 Å². The molecule has 4 heteroatoms. The molecule has 1 fully saturated rings. The van der Waals surface area contributed by atoms with Crippen LogP contribution in [0.5, 0.6) is 11.5 Å². The minimum absolute atomic E-state index is 0.428. The van der Waals surface area contributed by atoms with Crippen molar-refractivity contribution in [3.05, 3.63) is 65.9 Å². The van der Waals surface area contributed by atoms with E-state index < -0.39 is 0 Å². The van der Waals surface area contributed by atoms with Gasteiger partial charge in [-0.15, -0.1) is 0 Å². The Bertz CT molecular complexity index is 940. The molecule has 4 nitrogen and oxygen atoms in total. The number of benzene rings is 2. The van der Waals surface area contributed by atoms with E-state index in [1.807, 2.05) is 12.3 Å². The maximum absolute atomic E-state index is 5.77. The molecular formula is C22H22N2O2. The maximum atomic E-state index is 5.77. The molecule has 26 heavy (non-hydrogen) atoms. The zero-order chi connectivity index (χ0) is 17.3. The smallest absolute Gasteiger partial charge is 0.161 e. The van der Waals surface area contributed by atoms with Crippen molar-refractivity contribution in [1.82, 2.24) is 9.88 Å². The Hall–Kier alpha value is -2.59. The van der Waals surface area contributed by atoms with Crippen LogP contribution in [0.15, 0.2) is 54.7 Å². The van der Waals surface area contributed by atoms with Crippen LogP contribution >= 0.6 is 0 Å². The van der Waals surface area contributed by atoms with Gasteiger partial charge >= 0.3 is 0 Å². The third-order valence-corrected chi connectivity index (χ3v) is 5.35. The first kappa shape index (κ1) is 15.6. The fourth-order valence-corrected chi connectivity index (χ4v) is 4.10. The largest absolute Gasteiger partial charge is 0.486 e. The Balaban J connectivity index is 1.39. The Morgan fingerprint density at radius 2 is 1.88 bits per heavy atom. The van der Waals surface area contributed by atoms with Crippen molar-refractivity contribution < 1.29 is 9.47 Å². The minimum Gasteiger partial charge on any atom is -0.486 e. The molecular weight excluding hydrogens is 324 g/mol. The Morgan fingerprint density at radius 1 is 1.00 bits per heavy atom. The van der Waals surface area contributed by atoms with E-state index in [0.717, 1.165) is 30.1 Å². The molecule has 1 saturated heterocycles. The predicted molar refractivity (Wildman–Crippen MR) is 102 cm³/mol. The number of ether oxygens (including phenoxy) is 2. The van der Waals surface area contributed by atoms with Crippen LogP contribution in [0.25, 0.3) is 10.9 Å². The van der Waals surface area contributed by atoms with Gasteiger partial charge in [-0.25, -0.2) is 0 Å². The van der Waals surface area contributed by atoms with Crippen molar-refractivity contribution in [2.75, 3.05) is 19.8 Å². The predicted octanol–water partition coefficient (Wildman–Crippen LogP) is 4.34. The van der Waals surface area contributed by atoms with Gasteiger partial charge in [0.25, 0.3) is 0 Å². The van der Waals surface area contributed by atoms with Crippen LogP contribution in [0, 0.1) is 0 Å². The van der Waals surface area contributed by atoms with Gasteiger partial charge in [-0.3, -0.25) is 9.88 Å². The summed E-state index contributed by atoms with van der Waals surface area (Å²) in [5.41, 5.74) is 3.65. The van der Waals surface area contributed by atoms with Crippen LogP contribution in [0.1, 0.15) is 30.0 Å². The monoisotopic (exact) mass is 346 g/mol. The number of aromatic nitrogens is 1. The SMILES string of the molecule is c1ccc2ncc(CN3CCC[C@H]3c3ccc4c(c3)OCCO4)cc2c1. The second-order valence-electron chi connectivity index (χ2n) is 7.07. The molecule has 0 aliphatic carbocycles. The highest BCUT2D eigenvalue weighted by molar-refractivity contribution is 5.78. The number of hydrogen-bond donors (Lipinski definition) is 0. The number of para-hydroxylation sites is 1. The highest BCUT2D eigenvalue weighted by Crippen LogP contribution is 2.38. The fraction of sp³-hybridized carbons (Fsp3) is 0.318. The molecule has 0 N–H and O–H groups in total. The van der Waals surface area contributed by atoms with Gasteiger partial charge in [0.1, 0.15) is 13.2 Å². The Kier molecular flexibility index (Phi) is 3.98. The van der Waals surface area contributed by atoms with Crippen molar-refractivity contribution in [2.45, 2.75) is 25.4 Å². The van der Waals surface area contributed by atoms with E-state index >= 15 is 0 Å². The Labute approximate surface area is 153 Å². The number of likely N-dealkylation sites (tertiary alicyclic amines) is 1. The molecule has 3 heterocycles. The quantitative estimate of drug-likeness (QED) is 0.706. The zero-order valence-corrected chi connectivity index (χ0v) is 14.7. The van der Waals surface area contributed by atoms with E-state index in [4.69, 9.17) is 9.47 Å². The highest BCUT2D eigenvalue weighted by atomic mass is 16.6. The third-order valence-electron chi connectivity index (χ3n) is 5.35. The van der Waals surface area contributed by atoms with Crippen LogP contribution in [-0.4, -0.2) is 29.6 Å². The summed E-state index contributed by atoms with van der Waals surface area (Å²) in [6.07, 6.45) is 4.42. The lowest BCUT2D eigenvalue weighted by atomic mass is 10.0. The molecule has 2 aliphatic rings. The Morgan fingerprint density at radius 3 is 2.85 bits per heavy atom. The van der Waals surface area contributed by atoms with Gasteiger partial charge in [-0.05, 0) is 54.8 Å². The molecule has 2 aromatic carbocycles. The van der Waals surface area contributed by atoms with Gasteiger partial charge in [-0.2, -0.15) is 0 Å². The lowest BCUT2D eigenvalue weighted by Crippen LogP contribution is -2.23. The normalized spacial score (nSPS) is 19.8. The fourth-order valence-electron chi connectivity index (χ4n) is 4.10. The summed E-state index contributed by atoms with van der Waals surface area (Å²) in [4.78, 5) is 7.17. The molecule has 3 aromatic rings. The number of rotatable bonds is 3. The number of nitrogens with zero attached hydrogens (tertiary/aromatic N) is 2.